The zero-order chi connectivity index (χ0) is 22.3. The van der Waals surface area contributed by atoms with Gasteiger partial charge in [-0.15, -0.1) is 0 Å². The molecule has 1 aromatic heterocycles. The van der Waals surface area contributed by atoms with Crippen LogP contribution in [0.2, 0.25) is 0 Å². The fourth-order valence-electron chi connectivity index (χ4n) is 3.98. The predicted molar refractivity (Wildman–Crippen MR) is 122 cm³/mol. The second-order valence-corrected chi connectivity index (χ2v) is 11.0. The smallest absolute Gasteiger partial charge is 0.257 e. The lowest BCUT2D eigenvalue weighted by Gasteiger charge is -2.30. The number of aromatic nitrogens is 1. The fourth-order valence-corrected chi connectivity index (χ4v) is 6.45. The molecule has 1 saturated heterocycles. The molecule has 1 N–H and O–H groups in total. The second-order valence-electron chi connectivity index (χ2n) is 8.07. The van der Waals surface area contributed by atoms with Gasteiger partial charge >= 0.3 is 0 Å². The Kier molecular flexibility index (Phi) is 5.52. The highest BCUT2D eigenvalue weighted by molar-refractivity contribution is 7.89. The molecule has 2 aliphatic rings. The lowest BCUT2D eigenvalue weighted by molar-refractivity contribution is 0.102. The van der Waals surface area contributed by atoms with E-state index in [0.717, 1.165) is 17.5 Å². The van der Waals surface area contributed by atoms with E-state index in [1.807, 2.05) is 6.07 Å². The molecule has 10 heteroatoms. The summed E-state index contributed by atoms with van der Waals surface area (Å²) in [5.74, 6) is 1.31. The molecule has 2 aliphatic heterocycles. The predicted octanol–water partition coefficient (Wildman–Crippen LogP) is 3.74. The quantitative estimate of drug-likeness (QED) is 0.620. The van der Waals surface area contributed by atoms with Crippen LogP contribution in [-0.2, 0) is 10.0 Å². The number of ether oxygens (including phenoxy) is 2. The summed E-state index contributed by atoms with van der Waals surface area (Å²) < 4.78 is 39.4. The molecule has 0 aliphatic carbocycles. The molecule has 1 amide bonds. The van der Waals surface area contributed by atoms with Crippen LogP contribution < -0.4 is 14.8 Å². The highest BCUT2D eigenvalue weighted by atomic mass is 32.2. The summed E-state index contributed by atoms with van der Waals surface area (Å²) in [6.07, 6.45) is 1.91. The Bertz CT molecular complexity index is 1230. The van der Waals surface area contributed by atoms with Gasteiger partial charge < -0.3 is 9.47 Å². The Labute approximate surface area is 190 Å². The molecule has 8 nitrogen and oxygen atoms in total. The Morgan fingerprint density at radius 2 is 1.88 bits per heavy atom. The summed E-state index contributed by atoms with van der Waals surface area (Å²) >= 11 is 1.34. The summed E-state index contributed by atoms with van der Waals surface area (Å²) in [4.78, 5) is 17.4. The van der Waals surface area contributed by atoms with Gasteiger partial charge in [-0.1, -0.05) is 18.3 Å². The number of carbonyl (C=O) groups excluding carboxylic acids is 1. The van der Waals surface area contributed by atoms with Crippen molar-refractivity contribution < 1.29 is 22.7 Å². The number of benzene rings is 2. The molecule has 32 heavy (non-hydrogen) atoms. The number of carbonyl (C=O) groups is 1. The maximum atomic E-state index is 12.9. The van der Waals surface area contributed by atoms with Crippen molar-refractivity contribution in [3.05, 3.63) is 42.0 Å². The lowest BCUT2D eigenvalue weighted by Crippen LogP contribution is -2.39. The van der Waals surface area contributed by atoms with Crippen LogP contribution in [0.1, 0.15) is 30.1 Å². The van der Waals surface area contributed by atoms with Crippen molar-refractivity contribution in [2.75, 3.05) is 31.6 Å². The first-order chi connectivity index (χ1) is 15.4. The lowest BCUT2D eigenvalue weighted by atomic mass is 10.0. The second kappa shape index (κ2) is 8.34. The first-order valence-electron chi connectivity index (χ1n) is 10.5. The number of rotatable bonds is 4. The van der Waals surface area contributed by atoms with E-state index in [-0.39, 0.29) is 10.8 Å². The minimum absolute atomic E-state index is 0.203. The Balaban J connectivity index is 1.32. The van der Waals surface area contributed by atoms with Crippen LogP contribution in [0.4, 0.5) is 5.13 Å². The van der Waals surface area contributed by atoms with Crippen LogP contribution >= 0.6 is 11.3 Å². The molecule has 2 aromatic carbocycles. The molecule has 0 bridgehead atoms. The topological polar surface area (TPSA) is 97.8 Å². The SMILES string of the molecule is CC1CCCN(S(=O)(=O)c2ccc(C(=O)Nc3nc4cc5c(cc4s3)OCCO5)cc2)C1. The maximum Gasteiger partial charge on any atom is 0.257 e. The Morgan fingerprint density at radius 1 is 1.16 bits per heavy atom. The monoisotopic (exact) mass is 473 g/mol. The fraction of sp³-hybridized carbons (Fsp3) is 0.364. The van der Waals surface area contributed by atoms with E-state index in [4.69, 9.17) is 9.47 Å². The van der Waals surface area contributed by atoms with E-state index in [9.17, 15) is 13.2 Å². The summed E-state index contributed by atoms with van der Waals surface area (Å²) in [6.45, 7) is 4.12. The van der Waals surface area contributed by atoms with Crippen molar-refractivity contribution in [1.29, 1.82) is 0 Å². The number of piperidine rings is 1. The summed E-state index contributed by atoms with van der Waals surface area (Å²) in [5.41, 5.74) is 1.08. The average Bonchev–Trinajstić information content (AvgIpc) is 3.18. The largest absolute Gasteiger partial charge is 0.486 e. The minimum atomic E-state index is -3.55. The number of amides is 1. The molecule has 0 radical (unpaired) electrons. The van der Waals surface area contributed by atoms with E-state index in [1.165, 1.54) is 39.9 Å². The van der Waals surface area contributed by atoms with Crippen molar-refractivity contribution >= 4 is 42.6 Å². The normalized spacial score (nSPS) is 19.1. The van der Waals surface area contributed by atoms with Crippen molar-refractivity contribution in [1.82, 2.24) is 9.29 Å². The highest BCUT2D eigenvalue weighted by Crippen LogP contribution is 2.38. The van der Waals surface area contributed by atoms with Gasteiger partial charge in [-0.25, -0.2) is 13.4 Å². The molecular weight excluding hydrogens is 450 g/mol. The van der Waals surface area contributed by atoms with Gasteiger partial charge in [-0.05, 0) is 43.0 Å². The van der Waals surface area contributed by atoms with Crippen LogP contribution in [0, 0.1) is 5.92 Å². The third-order valence-corrected chi connectivity index (χ3v) is 8.46. The van der Waals surface area contributed by atoms with E-state index in [1.54, 1.807) is 6.07 Å². The van der Waals surface area contributed by atoms with Crippen LogP contribution in [0.5, 0.6) is 11.5 Å². The third-order valence-electron chi connectivity index (χ3n) is 5.65. The molecule has 3 aromatic rings. The number of sulfonamides is 1. The molecule has 5 rings (SSSR count). The van der Waals surface area contributed by atoms with Crippen LogP contribution in [-0.4, -0.2) is 49.9 Å². The Hall–Kier alpha value is -2.69. The van der Waals surface area contributed by atoms with Gasteiger partial charge in [0.05, 0.1) is 15.1 Å². The number of fused-ring (bicyclic) bond motifs is 2. The molecule has 0 saturated carbocycles. The number of hydrogen-bond donors (Lipinski definition) is 1. The van der Waals surface area contributed by atoms with Gasteiger partial charge in [0, 0.05) is 30.8 Å². The average molecular weight is 474 g/mol. The van der Waals surface area contributed by atoms with E-state index in [0.29, 0.717) is 59.9 Å². The van der Waals surface area contributed by atoms with E-state index >= 15 is 0 Å². The van der Waals surface area contributed by atoms with Crippen molar-refractivity contribution in [2.24, 2.45) is 5.92 Å². The molecule has 1 atom stereocenters. The first kappa shape index (κ1) is 21.2. The van der Waals surface area contributed by atoms with Gasteiger partial charge in [0.15, 0.2) is 16.6 Å². The van der Waals surface area contributed by atoms with Crippen LogP contribution in [0.25, 0.3) is 10.2 Å². The number of anilines is 1. The molecule has 1 unspecified atom stereocenters. The van der Waals surface area contributed by atoms with Gasteiger partial charge in [0.1, 0.15) is 13.2 Å². The summed E-state index contributed by atoms with van der Waals surface area (Å²) in [5, 5.41) is 3.24. The van der Waals surface area contributed by atoms with Gasteiger partial charge in [0.25, 0.3) is 5.91 Å². The number of nitrogens with zero attached hydrogens (tertiary/aromatic N) is 2. The molecule has 0 spiro atoms. The third kappa shape index (κ3) is 4.05. The van der Waals surface area contributed by atoms with Crippen molar-refractivity contribution in [3.8, 4) is 11.5 Å². The zero-order valence-electron chi connectivity index (χ0n) is 17.5. The summed E-state index contributed by atoms with van der Waals surface area (Å²) in [6, 6.07) is 9.71. The van der Waals surface area contributed by atoms with Crippen molar-refractivity contribution in [3.63, 3.8) is 0 Å². The zero-order valence-corrected chi connectivity index (χ0v) is 19.2. The number of nitrogens with one attached hydrogen (secondary N) is 1. The minimum Gasteiger partial charge on any atom is -0.486 e. The summed E-state index contributed by atoms with van der Waals surface area (Å²) in [7, 11) is -3.55. The van der Waals surface area contributed by atoms with Gasteiger partial charge in [-0.3, -0.25) is 10.1 Å². The molecule has 168 valence electrons. The van der Waals surface area contributed by atoms with Crippen LogP contribution in [0.15, 0.2) is 41.3 Å². The van der Waals surface area contributed by atoms with Crippen LogP contribution in [0.3, 0.4) is 0 Å². The standard InChI is InChI=1S/C22H23N3O5S2/c1-14-3-2-8-25(13-14)32(27,28)16-6-4-15(5-7-16)21(26)24-22-23-17-11-18-19(12-20(17)31-22)30-10-9-29-18/h4-7,11-12,14H,2-3,8-10,13H2,1H3,(H,23,24,26). The highest BCUT2D eigenvalue weighted by Gasteiger charge is 2.28. The Morgan fingerprint density at radius 3 is 2.59 bits per heavy atom. The van der Waals surface area contributed by atoms with Gasteiger partial charge in [-0.2, -0.15) is 4.31 Å². The number of thiazole rings is 1. The molecular formula is C22H23N3O5S2. The maximum absolute atomic E-state index is 12.9. The molecule has 1 fully saturated rings. The van der Waals surface area contributed by atoms with Gasteiger partial charge in [0.2, 0.25) is 10.0 Å². The van der Waals surface area contributed by atoms with Crippen molar-refractivity contribution in [2.45, 2.75) is 24.7 Å². The molecule has 3 heterocycles. The first-order valence-corrected chi connectivity index (χ1v) is 12.8. The van der Waals surface area contributed by atoms with E-state index < -0.39 is 10.0 Å². The van der Waals surface area contributed by atoms with E-state index in [2.05, 4.69) is 17.2 Å². The number of hydrogen-bond acceptors (Lipinski definition) is 7.